The molecular formula is C16H17Cl2N3O4S. The second kappa shape index (κ2) is 8.13. The van der Waals surface area contributed by atoms with Crippen LogP contribution in [0.2, 0.25) is 10.0 Å². The van der Waals surface area contributed by atoms with Gasteiger partial charge in [-0.1, -0.05) is 42.3 Å². The Bertz CT molecular complexity index is 935. The molecule has 26 heavy (non-hydrogen) atoms. The molecular weight excluding hydrogens is 401 g/mol. The third-order valence-corrected chi connectivity index (χ3v) is 5.71. The minimum Gasteiger partial charge on any atom is -0.504 e. The summed E-state index contributed by atoms with van der Waals surface area (Å²) in [5.74, 6) is -0.708. The molecule has 0 radical (unpaired) electrons. The van der Waals surface area contributed by atoms with Gasteiger partial charge in [-0.05, 0) is 30.7 Å². The first-order valence-corrected chi connectivity index (χ1v) is 9.79. The van der Waals surface area contributed by atoms with Crippen molar-refractivity contribution in [1.29, 1.82) is 0 Å². The average Bonchev–Trinajstić information content (AvgIpc) is 2.56. The molecule has 2 amide bonds. The molecule has 140 valence electrons. The van der Waals surface area contributed by atoms with E-state index < -0.39 is 26.7 Å². The number of halogens is 2. The van der Waals surface area contributed by atoms with Crippen LogP contribution in [0, 0.1) is 0 Å². The highest BCUT2D eigenvalue weighted by Gasteiger charge is 2.29. The number of nitrogens with zero attached hydrogens (tertiary/aromatic N) is 1. The zero-order valence-corrected chi connectivity index (χ0v) is 16.1. The lowest BCUT2D eigenvalue weighted by Gasteiger charge is -2.24. The van der Waals surface area contributed by atoms with Gasteiger partial charge in [-0.15, -0.1) is 0 Å². The minimum atomic E-state index is -4.10. The third kappa shape index (κ3) is 4.04. The van der Waals surface area contributed by atoms with E-state index in [1.54, 1.807) is 19.1 Å². The lowest BCUT2D eigenvalue weighted by molar-refractivity contribution is 0.256. The van der Waals surface area contributed by atoms with Gasteiger partial charge in [0, 0.05) is 6.54 Å². The smallest absolute Gasteiger partial charge is 0.324 e. The number of anilines is 2. The monoisotopic (exact) mass is 417 g/mol. The van der Waals surface area contributed by atoms with Crippen LogP contribution in [-0.4, -0.2) is 26.1 Å². The van der Waals surface area contributed by atoms with E-state index in [-0.39, 0.29) is 28.0 Å². The van der Waals surface area contributed by atoms with Crippen LogP contribution in [0.1, 0.15) is 13.3 Å². The molecule has 4 N–H and O–H groups in total. The molecule has 0 aliphatic carbocycles. The van der Waals surface area contributed by atoms with E-state index in [1.165, 1.54) is 24.3 Å². The van der Waals surface area contributed by atoms with Crippen LogP contribution in [-0.2, 0) is 10.0 Å². The zero-order chi connectivity index (χ0) is 19.5. The number of nitrogens with one attached hydrogen (secondary N) is 1. The number of phenolic OH excluding ortho intramolecular Hbond substituents is 1. The van der Waals surface area contributed by atoms with E-state index in [1.807, 2.05) is 0 Å². The Morgan fingerprint density at radius 1 is 1.15 bits per heavy atom. The van der Waals surface area contributed by atoms with Gasteiger partial charge in [0.1, 0.15) is 4.90 Å². The number of nitrogens with two attached hydrogens (primary N) is 1. The maximum Gasteiger partial charge on any atom is 0.324 e. The molecule has 10 heteroatoms. The van der Waals surface area contributed by atoms with Crippen molar-refractivity contribution in [3.63, 3.8) is 0 Å². The molecule has 0 aliphatic heterocycles. The van der Waals surface area contributed by atoms with Crippen LogP contribution in [0.15, 0.2) is 41.3 Å². The Morgan fingerprint density at radius 3 is 2.38 bits per heavy atom. The highest BCUT2D eigenvalue weighted by atomic mass is 35.5. The van der Waals surface area contributed by atoms with E-state index in [0.717, 1.165) is 4.90 Å². The fraction of sp³-hybridized carbons (Fsp3) is 0.188. The Labute approximate surface area is 161 Å². The number of benzene rings is 2. The van der Waals surface area contributed by atoms with Crippen molar-refractivity contribution in [3.8, 4) is 5.75 Å². The Kier molecular flexibility index (Phi) is 6.35. The summed E-state index contributed by atoms with van der Waals surface area (Å²) in [6.45, 7) is 1.94. The Hall–Kier alpha value is -2.00. The third-order valence-electron chi connectivity index (χ3n) is 3.43. The predicted molar refractivity (Wildman–Crippen MR) is 102 cm³/mol. The molecule has 0 saturated carbocycles. The quantitative estimate of drug-likeness (QED) is 0.665. The van der Waals surface area contributed by atoms with E-state index in [4.69, 9.17) is 28.9 Å². The number of carbonyl (C=O) groups is 1. The normalized spacial score (nSPS) is 11.3. The second-order valence-corrected chi connectivity index (χ2v) is 7.79. The molecule has 2 rings (SSSR count). The van der Waals surface area contributed by atoms with Gasteiger partial charge in [-0.3, -0.25) is 4.90 Å². The van der Waals surface area contributed by atoms with Crippen molar-refractivity contribution in [3.05, 3.63) is 46.4 Å². The van der Waals surface area contributed by atoms with Crippen LogP contribution < -0.4 is 15.4 Å². The molecule has 0 bridgehead atoms. The Morgan fingerprint density at radius 2 is 1.81 bits per heavy atom. The van der Waals surface area contributed by atoms with Crippen LogP contribution in [0.4, 0.5) is 16.2 Å². The molecule has 7 nitrogen and oxygen atoms in total. The zero-order valence-electron chi connectivity index (χ0n) is 13.7. The minimum absolute atomic E-state index is 0.159. The first-order valence-electron chi connectivity index (χ1n) is 7.56. The lowest BCUT2D eigenvalue weighted by Crippen LogP contribution is -2.32. The lowest BCUT2D eigenvalue weighted by atomic mass is 10.2. The maximum absolute atomic E-state index is 12.5. The predicted octanol–water partition coefficient (Wildman–Crippen LogP) is 3.60. The van der Waals surface area contributed by atoms with Gasteiger partial charge >= 0.3 is 6.03 Å². The van der Waals surface area contributed by atoms with Gasteiger partial charge in [0.25, 0.3) is 0 Å². The summed E-state index contributed by atoms with van der Waals surface area (Å²) in [5.41, 5.74) is 5.46. The fourth-order valence-electron chi connectivity index (χ4n) is 2.28. The summed E-state index contributed by atoms with van der Waals surface area (Å²) < 4.78 is 27.2. The van der Waals surface area contributed by atoms with Crippen LogP contribution >= 0.6 is 23.2 Å². The molecule has 0 fully saturated rings. The highest BCUT2D eigenvalue weighted by Crippen LogP contribution is 2.42. The number of carbonyl (C=O) groups excluding carboxylic acids is 1. The van der Waals surface area contributed by atoms with E-state index >= 15 is 0 Å². The number of sulfonamides is 1. The first-order chi connectivity index (χ1) is 12.2. The number of amides is 2. The topological polar surface area (TPSA) is 113 Å². The number of hydrogen-bond donors (Lipinski definition) is 3. The number of para-hydroxylation sites is 1. The molecule has 0 saturated heterocycles. The largest absolute Gasteiger partial charge is 0.504 e. The maximum atomic E-state index is 12.5. The van der Waals surface area contributed by atoms with Gasteiger partial charge in [-0.25, -0.2) is 17.9 Å². The van der Waals surface area contributed by atoms with E-state index in [9.17, 15) is 18.3 Å². The summed E-state index contributed by atoms with van der Waals surface area (Å²) in [5, 5.41) is 10.6. The number of hydrogen-bond acceptors (Lipinski definition) is 4. The van der Waals surface area contributed by atoms with Crippen molar-refractivity contribution >= 4 is 50.6 Å². The van der Waals surface area contributed by atoms with Crippen molar-refractivity contribution in [2.75, 3.05) is 11.4 Å². The van der Waals surface area contributed by atoms with Crippen LogP contribution in [0.25, 0.3) is 0 Å². The van der Waals surface area contributed by atoms with Gasteiger partial charge in [0.2, 0.25) is 10.0 Å². The second-order valence-electron chi connectivity index (χ2n) is 5.27. The van der Waals surface area contributed by atoms with Crippen molar-refractivity contribution in [1.82, 2.24) is 4.72 Å². The number of urea groups is 1. The summed E-state index contributed by atoms with van der Waals surface area (Å²) in [6, 6.07) is 7.88. The molecule has 0 heterocycles. The van der Waals surface area contributed by atoms with Crippen molar-refractivity contribution in [2.45, 2.75) is 18.2 Å². The summed E-state index contributed by atoms with van der Waals surface area (Å²) in [4.78, 5) is 12.4. The molecule has 0 aliphatic rings. The average molecular weight is 418 g/mol. The van der Waals surface area contributed by atoms with Crippen molar-refractivity contribution in [2.24, 2.45) is 5.73 Å². The molecule has 0 atom stereocenters. The Balaban J connectivity index is 2.68. The SMILES string of the molecule is CCCNS(=O)(=O)c1c(Cl)ccc(N(C(N)=O)c2ccccc2Cl)c1O. The van der Waals surface area contributed by atoms with Gasteiger partial charge < -0.3 is 10.8 Å². The van der Waals surface area contributed by atoms with Crippen molar-refractivity contribution < 1.29 is 18.3 Å². The fourth-order valence-corrected chi connectivity index (χ4v) is 4.26. The summed E-state index contributed by atoms with van der Waals surface area (Å²) in [6.07, 6.45) is 0.546. The van der Waals surface area contributed by atoms with E-state index in [0.29, 0.717) is 6.42 Å². The molecule has 0 unspecified atom stereocenters. The number of rotatable bonds is 6. The number of phenols is 1. The van der Waals surface area contributed by atoms with Crippen LogP contribution in [0.3, 0.4) is 0 Å². The van der Waals surface area contributed by atoms with Gasteiger partial charge in [-0.2, -0.15) is 0 Å². The molecule has 2 aromatic rings. The highest BCUT2D eigenvalue weighted by molar-refractivity contribution is 7.89. The first kappa shape index (κ1) is 20.3. The molecule has 2 aromatic carbocycles. The summed E-state index contributed by atoms with van der Waals surface area (Å²) >= 11 is 12.1. The van der Waals surface area contributed by atoms with Gasteiger partial charge in [0.05, 0.1) is 21.4 Å². The van der Waals surface area contributed by atoms with Gasteiger partial charge in [0.15, 0.2) is 5.75 Å². The van der Waals surface area contributed by atoms with E-state index in [2.05, 4.69) is 4.72 Å². The number of aromatic hydroxyl groups is 1. The standard InChI is InChI=1S/C16H17Cl2N3O4S/c1-2-9-20-26(24,25)15-11(18)7-8-13(14(15)22)21(16(19)23)12-6-4-3-5-10(12)17/h3-8,20,22H,2,9H2,1H3,(H2,19,23). The number of primary amides is 1. The summed E-state index contributed by atoms with van der Waals surface area (Å²) in [7, 11) is -4.10. The molecule has 0 spiro atoms. The molecule has 0 aromatic heterocycles. The van der Waals surface area contributed by atoms with Crippen LogP contribution in [0.5, 0.6) is 5.75 Å².